The van der Waals surface area contributed by atoms with Crippen LogP contribution in [0.5, 0.6) is 0 Å². The Kier molecular flexibility index (Phi) is 2.72. The van der Waals surface area contributed by atoms with Crippen LogP contribution in [-0.4, -0.2) is 15.6 Å². The average molecular weight is 214 g/mol. The van der Waals surface area contributed by atoms with E-state index in [-0.39, 0.29) is 5.84 Å². The zero-order valence-electron chi connectivity index (χ0n) is 9.14. The van der Waals surface area contributed by atoms with E-state index in [4.69, 9.17) is 11.1 Å². The molecule has 1 aromatic heterocycles. The van der Waals surface area contributed by atoms with Crippen molar-refractivity contribution in [1.82, 2.24) is 9.78 Å². The molecule has 0 aliphatic carbocycles. The van der Waals surface area contributed by atoms with Crippen LogP contribution >= 0.6 is 0 Å². The summed E-state index contributed by atoms with van der Waals surface area (Å²) < 4.78 is 1.79. The molecule has 4 heteroatoms. The van der Waals surface area contributed by atoms with Crippen molar-refractivity contribution >= 4 is 5.84 Å². The molecule has 0 aliphatic rings. The summed E-state index contributed by atoms with van der Waals surface area (Å²) in [4.78, 5) is 0. The van der Waals surface area contributed by atoms with E-state index in [0.29, 0.717) is 6.42 Å². The third-order valence-corrected chi connectivity index (χ3v) is 2.33. The number of aryl methyl sites for hydroxylation is 1. The lowest BCUT2D eigenvalue weighted by Crippen LogP contribution is -2.12. The standard InChI is InChI=1S/C12H14N4/c1-9-2-4-11(5-3-9)16-8-10(7-15-16)6-12(13)14/h2-5,7-8H,6H2,1H3,(H3,13,14). The molecule has 0 bridgehead atoms. The number of hydrogen-bond donors (Lipinski definition) is 2. The summed E-state index contributed by atoms with van der Waals surface area (Å²) in [5.74, 6) is 0.156. The molecule has 0 amide bonds. The highest BCUT2D eigenvalue weighted by atomic mass is 15.3. The number of nitrogens with two attached hydrogens (primary N) is 1. The first-order chi connectivity index (χ1) is 7.65. The maximum atomic E-state index is 7.21. The van der Waals surface area contributed by atoms with Gasteiger partial charge in [-0.2, -0.15) is 5.10 Å². The third kappa shape index (κ3) is 2.28. The molecule has 0 saturated carbocycles. The van der Waals surface area contributed by atoms with E-state index in [1.165, 1.54) is 5.56 Å². The molecule has 0 spiro atoms. The number of amidine groups is 1. The monoisotopic (exact) mass is 214 g/mol. The van der Waals surface area contributed by atoms with Gasteiger partial charge in [-0.25, -0.2) is 4.68 Å². The van der Waals surface area contributed by atoms with Crippen molar-refractivity contribution in [3.63, 3.8) is 0 Å². The molecule has 2 aromatic rings. The van der Waals surface area contributed by atoms with Gasteiger partial charge in [0.05, 0.1) is 17.7 Å². The molecule has 2 rings (SSSR count). The second kappa shape index (κ2) is 4.18. The van der Waals surface area contributed by atoms with Gasteiger partial charge in [0.25, 0.3) is 0 Å². The number of rotatable bonds is 3. The average Bonchev–Trinajstić information content (AvgIpc) is 2.66. The summed E-state index contributed by atoms with van der Waals surface area (Å²) in [6.45, 7) is 2.05. The molecule has 0 unspecified atom stereocenters. The molecular formula is C12H14N4. The second-order valence-corrected chi connectivity index (χ2v) is 3.83. The van der Waals surface area contributed by atoms with Gasteiger partial charge in [-0.15, -0.1) is 0 Å². The lowest BCUT2D eigenvalue weighted by atomic mass is 10.2. The van der Waals surface area contributed by atoms with Gasteiger partial charge >= 0.3 is 0 Å². The largest absolute Gasteiger partial charge is 0.387 e. The predicted octanol–water partition coefficient (Wildman–Crippen LogP) is 1.66. The van der Waals surface area contributed by atoms with Crippen LogP contribution in [0.2, 0.25) is 0 Å². The van der Waals surface area contributed by atoms with Crippen molar-refractivity contribution < 1.29 is 0 Å². The third-order valence-electron chi connectivity index (χ3n) is 2.33. The smallest absolute Gasteiger partial charge is 0.0951 e. The van der Waals surface area contributed by atoms with Crippen LogP contribution in [0.4, 0.5) is 0 Å². The highest BCUT2D eigenvalue weighted by molar-refractivity contribution is 5.79. The maximum absolute atomic E-state index is 7.21. The lowest BCUT2D eigenvalue weighted by molar-refractivity contribution is 0.879. The van der Waals surface area contributed by atoms with E-state index in [1.54, 1.807) is 10.9 Å². The number of hydrogen-bond acceptors (Lipinski definition) is 2. The van der Waals surface area contributed by atoms with E-state index in [2.05, 4.69) is 5.10 Å². The Morgan fingerprint density at radius 1 is 1.38 bits per heavy atom. The number of aromatic nitrogens is 2. The lowest BCUT2D eigenvalue weighted by Gasteiger charge is -2.00. The fraction of sp³-hybridized carbons (Fsp3) is 0.167. The van der Waals surface area contributed by atoms with Gasteiger partial charge < -0.3 is 5.73 Å². The zero-order valence-corrected chi connectivity index (χ0v) is 9.14. The summed E-state index contributed by atoms with van der Waals surface area (Å²) in [6, 6.07) is 8.11. The maximum Gasteiger partial charge on any atom is 0.0951 e. The van der Waals surface area contributed by atoms with Crippen molar-refractivity contribution in [1.29, 1.82) is 5.41 Å². The van der Waals surface area contributed by atoms with Crippen molar-refractivity contribution in [2.75, 3.05) is 0 Å². The first kappa shape index (κ1) is 10.4. The highest BCUT2D eigenvalue weighted by Gasteiger charge is 2.01. The molecule has 1 heterocycles. The van der Waals surface area contributed by atoms with Gasteiger partial charge in [0.1, 0.15) is 0 Å². The molecule has 0 radical (unpaired) electrons. The van der Waals surface area contributed by atoms with Crippen LogP contribution < -0.4 is 5.73 Å². The summed E-state index contributed by atoms with van der Waals surface area (Å²) in [6.07, 6.45) is 4.08. The number of nitrogens with one attached hydrogen (secondary N) is 1. The first-order valence-corrected chi connectivity index (χ1v) is 5.08. The predicted molar refractivity (Wildman–Crippen MR) is 63.9 cm³/mol. The molecule has 0 aliphatic heterocycles. The minimum absolute atomic E-state index is 0.156. The molecular weight excluding hydrogens is 200 g/mol. The van der Waals surface area contributed by atoms with E-state index in [0.717, 1.165) is 11.3 Å². The normalized spacial score (nSPS) is 10.3. The van der Waals surface area contributed by atoms with Gasteiger partial charge in [-0.3, -0.25) is 5.41 Å². The Morgan fingerprint density at radius 3 is 2.69 bits per heavy atom. The molecule has 0 saturated heterocycles. The molecule has 0 atom stereocenters. The van der Waals surface area contributed by atoms with E-state index in [1.807, 2.05) is 37.4 Å². The van der Waals surface area contributed by atoms with Gasteiger partial charge in [0.2, 0.25) is 0 Å². The summed E-state index contributed by atoms with van der Waals surface area (Å²) in [5.41, 5.74) is 8.53. The summed E-state index contributed by atoms with van der Waals surface area (Å²) in [5, 5.41) is 11.4. The fourth-order valence-corrected chi connectivity index (χ4v) is 1.51. The Labute approximate surface area is 94.2 Å². The SMILES string of the molecule is Cc1ccc(-n2cc(CC(=N)N)cn2)cc1. The molecule has 16 heavy (non-hydrogen) atoms. The van der Waals surface area contributed by atoms with Crippen molar-refractivity contribution in [3.05, 3.63) is 47.8 Å². The number of benzene rings is 1. The second-order valence-electron chi connectivity index (χ2n) is 3.83. The van der Waals surface area contributed by atoms with Crippen LogP contribution in [0.3, 0.4) is 0 Å². The molecule has 1 aromatic carbocycles. The van der Waals surface area contributed by atoms with Crippen LogP contribution in [-0.2, 0) is 6.42 Å². The van der Waals surface area contributed by atoms with Crippen LogP contribution in [0.15, 0.2) is 36.7 Å². The molecule has 82 valence electrons. The zero-order chi connectivity index (χ0) is 11.5. The molecule has 0 fully saturated rings. The van der Waals surface area contributed by atoms with E-state index < -0.39 is 0 Å². The van der Waals surface area contributed by atoms with Crippen molar-refractivity contribution in [2.45, 2.75) is 13.3 Å². The van der Waals surface area contributed by atoms with Crippen LogP contribution in [0.1, 0.15) is 11.1 Å². The first-order valence-electron chi connectivity index (χ1n) is 5.08. The van der Waals surface area contributed by atoms with Crippen LogP contribution in [0, 0.1) is 12.3 Å². The van der Waals surface area contributed by atoms with Crippen molar-refractivity contribution in [2.24, 2.45) is 5.73 Å². The molecule has 4 nitrogen and oxygen atoms in total. The van der Waals surface area contributed by atoms with E-state index >= 15 is 0 Å². The minimum atomic E-state index is 0.156. The Hall–Kier alpha value is -2.10. The Morgan fingerprint density at radius 2 is 2.06 bits per heavy atom. The Balaban J connectivity index is 2.24. The van der Waals surface area contributed by atoms with Crippen molar-refractivity contribution in [3.8, 4) is 5.69 Å². The quantitative estimate of drug-likeness (QED) is 0.602. The van der Waals surface area contributed by atoms with Gasteiger partial charge in [-0.1, -0.05) is 17.7 Å². The Bertz CT molecular complexity index is 496. The van der Waals surface area contributed by atoms with E-state index in [9.17, 15) is 0 Å². The van der Waals surface area contributed by atoms with Gasteiger partial charge in [0, 0.05) is 12.6 Å². The van der Waals surface area contributed by atoms with Gasteiger partial charge in [0.15, 0.2) is 0 Å². The topological polar surface area (TPSA) is 67.7 Å². The number of nitrogens with zero attached hydrogens (tertiary/aromatic N) is 2. The fourth-order valence-electron chi connectivity index (χ4n) is 1.51. The summed E-state index contributed by atoms with van der Waals surface area (Å²) >= 11 is 0. The highest BCUT2D eigenvalue weighted by Crippen LogP contribution is 2.09. The van der Waals surface area contributed by atoms with Crippen LogP contribution in [0.25, 0.3) is 5.69 Å². The summed E-state index contributed by atoms with van der Waals surface area (Å²) in [7, 11) is 0. The van der Waals surface area contributed by atoms with Gasteiger partial charge in [-0.05, 0) is 24.6 Å². The molecule has 3 N–H and O–H groups in total. The minimum Gasteiger partial charge on any atom is -0.387 e.